The van der Waals surface area contributed by atoms with E-state index in [1.165, 1.54) is 5.56 Å². The van der Waals surface area contributed by atoms with Crippen LogP contribution in [0.15, 0.2) is 53.0 Å². The summed E-state index contributed by atoms with van der Waals surface area (Å²) in [5.74, 6) is 0. The van der Waals surface area contributed by atoms with Crippen molar-refractivity contribution >= 4 is 21.6 Å². The van der Waals surface area contributed by atoms with Crippen LogP contribution in [-0.4, -0.2) is 11.7 Å². The molecule has 0 aliphatic carbocycles. The van der Waals surface area contributed by atoms with E-state index in [0.29, 0.717) is 0 Å². The van der Waals surface area contributed by atoms with Crippen LogP contribution >= 0.6 is 15.9 Å². The molecule has 0 bridgehead atoms. The van der Waals surface area contributed by atoms with Crippen molar-refractivity contribution in [3.63, 3.8) is 0 Å². The van der Waals surface area contributed by atoms with Gasteiger partial charge in [0.15, 0.2) is 0 Å². The van der Waals surface area contributed by atoms with Gasteiger partial charge in [-0.2, -0.15) is 0 Å². The first-order valence-electron chi connectivity index (χ1n) is 5.89. The molecule has 3 heteroatoms. The lowest BCUT2D eigenvalue weighted by Gasteiger charge is -2.19. The molecule has 0 aromatic heterocycles. The Morgan fingerprint density at radius 1 is 1.17 bits per heavy atom. The second-order valence-electron chi connectivity index (χ2n) is 4.27. The van der Waals surface area contributed by atoms with Crippen molar-refractivity contribution in [2.75, 3.05) is 11.9 Å². The van der Waals surface area contributed by atoms with E-state index in [1.807, 2.05) is 36.4 Å². The fourth-order valence-electron chi connectivity index (χ4n) is 1.92. The van der Waals surface area contributed by atoms with Crippen molar-refractivity contribution in [1.29, 1.82) is 0 Å². The van der Waals surface area contributed by atoms with Crippen molar-refractivity contribution in [3.05, 3.63) is 64.1 Å². The van der Waals surface area contributed by atoms with Crippen LogP contribution in [0.4, 0.5) is 5.69 Å². The van der Waals surface area contributed by atoms with Crippen molar-refractivity contribution in [3.8, 4) is 0 Å². The fraction of sp³-hybridized carbons (Fsp3) is 0.200. The first-order valence-corrected chi connectivity index (χ1v) is 6.68. The van der Waals surface area contributed by atoms with Gasteiger partial charge in [0.05, 0.1) is 12.6 Å². The standard InChI is InChI=1S/C15H16BrNO/c1-11-5-4-6-12(9-11)17-15(10-18)13-7-2-3-8-14(13)16/h2-9,15,17-18H,10H2,1H3. The monoisotopic (exact) mass is 305 g/mol. The normalized spacial score (nSPS) is 12.2. The van der Waals surface area contributed by atoms with Crippen LogP contribution in [0.2, 0.25) is 0 Å². The second kappa shape index (κ2) is 6.03. The summed E-state index contributed by atoms with van der Waals surface area (Å²) < 4.78 is 1.00. The van der Waals surface area contributed by atoms with Crippen LogP contribution in [0, 0.1) is 6.92 Å². The zero-order chi connectivity index (χ0) is 13.0. The van der Waals surface area contributed by atoms with Gasteiger partial charge in [-0.3, -0.25) is 0 Å². The number of benzene rings is 2. The average Bonchev–Trinajstić information content (AvgIpc) is 2.37. The third-order valence-corrected chi connectivity index (χ3v) is 3.54. The van der Waals surface area contributed by atoms with Crippen molar-refractivity contribution in [1.82, 2.24) is 0 Å². The molecule has 0 saturated heterocycles. The largest absolute Gasteiger partial charge is 0.394 e. The van der Waals surface area contributed by atoms with Gasteiger partial charge in [-0.1, -0.05) is 46.3 Å². The molecular formula is C15H16BrNO. The molecule has 0 fully saturated rings. The van der Waals surface area contributed by atoms with E-state index in [9.17, 15) is 5.11 Å². The van der Waals surface area contributed by atoms with E-state index in [4.69, 9.17) is 0 Å². The molecule has 1 atom stereocenters. The van der Waals surface area contributed by atoms with E-state index < -0.39 is 0 Å². The Balaban J connectivity index is 2.23. The minimum atomic E-state index is -0.109. The Morgan fingerprint density at radius 2 is 1.94 bits per heavy atom. The van der Waals surface area contributed by atoms with Crippen molar-refractivity contribution < 1.29 is 5.11 Å². The highest BCUT2D eigenvalue weighted by atomic mass is 79.9. The van der Waals surface area contributed by atoms with E-state index in [-0.39, 0.29) is 12.6 Å². The SMILES string of the molecule is Cc1cccc(NC(CO)c2ccccc2Br)c1. The second-order valence-corrected chi connectivity index (χ2v) is 5.12. The minimum Gasteiger partial charge on any atom is -0.394 e. The highest BCUT2D eigenvalue weighted by molar-refractivity contribution is 9.10. The molecule has 0 radical (unpaired) electrons. The third-order valence-electron chi connectivity index (χ3n) is 2.82. The Labute approximate surface area is 116 Å². The van der Waals surface area contributed by atoms with Crippen LogP contribution in [0.25, 0.3) is 0 Å². The van der Waals surface area contributed by atoms with Gasteiger partial charge in [0, 0.05) is 10.2 Å². The first kappa shape index (κ1) is 13.1. The summed E-state index contributed by atoms with van der Waals surface area (Å²) >= 11 is 3.51. The van der Waals surface area contributed by atoms with Gasteiger partial charge in [0.1, 0.15) is 0 Å². The van der Waals surface area contributed by atoms with E-state index in [1.54, 1.807) is 0 Å². The van der Waals surface area contributed by atoms with Gasteiger partial charge in [-0.15, -0.1) is 0 Å². The number of rotatable bonds is 4. The van der Waals surface area contributed by atoms with Crippen molar-refractivity contribution in [2.24, 2.45) is 0 Å². The molecule has 2 N–H and O–H groups in total. The molecule has 0 amide bonds. The lowest BCUT2D eigenvalue weighted by Crippen LogP contribution is -2.15. The summed E-state index contributed by atoms with van der Waals surface area (Å²) in [6.45, 7) is 2.11. The van der Waals surface area contributed by atoms with Gasteiger partial charge in [0.25, 0.3) is 0 Å². The molecule has 2 rings (SSSR count). The Morgan fingerprint density at radius 3 is 2.61 bits per heavy atom. The quantitative estimate of drug-likeness (QED) is 0.898. The van der Waals surface area contributed by atoms with Crippen molar-refractivity contribution in [2.45, 2.75) is 13.0 Å². The highest BCUT2D eigenvalue weighted by Crippen LogP contribution is 2.26. The summed E-state index contributed by atoms with van der Waals surface area (Å²) in [5, 5.41) is 12.9. The topological polar surface area (TPSA) is 32.3 Å². The van der Waals surface area contributed by atoms with E-state index in [2.05, 4.69) is 40.3 Å². The third kappa shape index (κ3) is 3.12. The van der Waals surface area contributed by atoms with Crippen LogP contribution in [0.3, 0.4) is 0 Å². The van der Waals surface area contributed by atoms with Gasteiger partial charge in [0.2, 0.25) is 0 Å². The predicted octanol–water partition coefficient (Wildman–Crippen LogP) is 3.90. The molecule has 94 valence electrons. The molecule has 0 aliphatic heterocycles. The summed E-state index contributed by atoms with van der Waals surface area (Å²) in [4.78, 5) is 0. The molecule has 0 spiro atoms. The number of aryl methyl sites for hydroxylation is 1. The van der Waals surface area contributed by atoms with Gasteiger partial charge >= 0.3 is 0 Å². The number of anilines is 1. The van der Waals surface area contributed by atoms with Crippen LogP contribution in [-0.2, 0) is 0 Å². The summed E-state index contributed by atoms with van der Waals surface area (Å²) in [6, 6.07) is 16.0. The molecule has 2 aromatic carbocycles. The molecule has 0 heterocycles. The zero-order valence-electron chi connectivity index (χ0n) is 10.2. The minimum absolute atomic E-state index is 0.0521. The average molecular weight is 306 g/mol. The van der Waals surface area contributed by atoms with Gasteiger partial charge < -0.3 is 10.4 Å². The number of hydrogen-bond acceptors (Lipinski definition) is 2. The maximum atomic E-state index is 9.55. The fourth-order valence-corrected chi connectivity index (χ4v) is 2.48. The molecule has 2 nitrogen and oxygen atoms in total. The molecule has 0 saturated carbocycles. The maximum absolute atomic E-state index is 9.55. The predicted molar refractivity (Wildman–Crippen MR) is 78.8 cm³/mol. The lowest BCUT2D eigenvalue weighted by atomic mass is 10.1. The number of hydrogen-bond donors (Lipinski definition) is 2. The van der Waals surface area contributed by atoms with Crippen LogP contribution < -0.4 is 5.32 Å². The molecule has 1 unspecified atom stereocenters. The Hall–Kier alpha value is -1.32. The summed E-state index contributed by atoms with van der Waals surface area (Å²) in [6.07, 6.45) is 0. The van der Waals surface area contributed by atoms with Gasteiger partial charge in [-0.05, 0) is 36.2 Å². The lowest BCUT2D eigenvalue weighted by molar-refractivity contribution is 0.276. The number of nitrogens with one attached hydrogen (secondary N) is 1. The first-order chi connectivity index (χ1) is 8.70. The van der Waals surface area contributed by atoms with E-state index >= 15 is 0 Å². The number of aliphatic hydroxyl groups excluding tert-OH is 1. The number of aliphatic hydroxyl groups is 1. The molecule has 2 aromatic rings. The zero-order valence-corrected chi connectivity index (χ0v) is 11.8. The van der Waals surface area contributed by atoms with E-state index in [0.717, 1.165) is 15.7 Å². The smallest absolute Gasteiger partial charge is 0.0755 e. The van der Waals surface area contributed by atoms with Gasteiger partial charge in [-0.25, -0.2) is 0 Å². The van der Waals surface area contributed by atoms with Crippen LogP contribution in [0.5, 0.6) is 0 Å². The molecular weight excluding hydrogens is 290 g/mol. The molecule has 0 aliphatic rings. The number of halogens is 1. The maximum Gasteiger partial charge on any atom is 0.0755 e. The summed E-state index contributed by atoms with van der Waals surface area (Å²) in [5.41, 5.74) is 3.27. The molecule has 18 heavy (non-hydrogen) atoms. The Bertz CT molecular complexity index is 527. The van der Waals surface area contributed by atoms with Crippen LogP contribution in [0.1, 0.15) is 17.2 Å². The summed E-state index contributed by atoms with van der Waals surface area (Å²) in [7, 11) is 0. The Kier molecular flexibility index (Phi) is 4.39. The highest BCUT2D eigenvalue weighted by Gasteiger charge is 2.12.